The molecule has 1 aliphatic heterocycles. The molecule has 2 aromatic rings. The van der Waals surface area contributed by atoms with Gasteiger partial charge in [-0.25, -0.2) is 8.78 Å². The Morgan fingerprint density at radius 1 is 1.34 bits per heavy atom. The molecule has 29 heavy (non-hydrogen) atoms. The van der Waals surface area contributed by atoms with Crippen molar-refractivity contribution < 1.29 is 18.4 Å². The van der Waals surface area contributed by atoms with Crippen LogP contribution in [0.3, 0.4) is 0 Å². The predicted molar refractivity (Wildman–Crippen MR) is 106 cm³/mol. The molecule has 0 saturated carbocycles. The lowest BCUT2D eigenvalue weighted by Crippen LogP contribution is -2.51. The van der Waals surface area contributed by atoms with E-state index in [4.69, 9.17) is 5.73 Å². The Hall–Kier alpha value is -3.08. The number of aryl methyl sites for hydroxylation is 2. The number of nitrogens with zero attached hydrogens (tertiary/aromatic N) is 1. The second-order valence-corrected chi connectivity index (χ2v) is 7.59. The molecule has 152 valence electrons. The van der Waals surface area contributed by atoms with E-state index in [-0.39, 0.29) is 30.8 Å². The van der Waals surface area contributed by atoms with Crippen molar-refractivity contribution in [2.45, 2.75) is 44.8 Å². The zero-order valence-electron chi connectivity index (χ0n) is 16.1. The number of amides is 2. The SMILES string of the molecule is CC#CC(=O)N[C@H]1C[C@H](F)CN(c2c(F)cc(C(N)=O)c3[nH]c4c(c23)CCC4)C1. The highest BCUT2D eigenvalue weighted by Gasteiger charge is 2.33. The Kier molecular flexibility index (Phi) is 4.91. The average Bonchev–Trinajstić information content (AvgIpc) is 3.22. The lowest BCUT2D eigenvalue weighted by Gasteiger charge is -2.37. The van der Waals surface area contributed by atoms with Crippen molar-refractivity contribution in [2.24, 2.45) is 5.73 Å². The number of H-pyrrole nitrogens is 1. The van der Waals surface area contributed by atoms with E-state index in [1.54, 1.807) is 11.8 Å². The minimum absolute atomic E-state index is 0.00766. The molecule has 1 aromatic carbocycles. The lowest BCUT2D eigenvalue weighted by atomic mass is 9.99. The molecule has 4 N–H and O–H groups in total. The number of hydrogen-bond donors (Lipinski definition) is 3. The number of piperidine rings is 1. The summed E-state index contributed by atoms with van der Waals surface area (Å²) in [6, 6.07) is 0.619. The van der Waals surface area contributed by atoms with Gasteiger partial charge in [-0.15, -0.1) is 0 Å². The van der Waals surface area contributed by atoms with Gasteiger partial charge in [-0.05, 0) is 43.7 Å². The molecule has 1 saturated heterocycles. The number of anilines is 1. The van der Waals surface area contributed by atoms with Crippen molar-refractivity contribution in [3.05, 3.63) is 28.7 Å². The van der Waals surface area contributed by atoms with Crippen LogP contribution in [0.1, 0.15) is 41.4 Å². The number of alkyl halides is 1. The Labute approximate surface area is 166 Å². The van der Waals surface area contributed by atoms with Gasteiger partial charge < -0.3 is 20.9 Å². The normalized spacial score (nSPS) is 20.9. The van der Waals surface area contributed by atoms with Crippen molar-refractivity contribution in [3.63, 3.8) is 0 Å². The summed E-state index contributed by atoms with van der Waals surface area (Å²) in [6.07, 6.45) is 1.40. The number of halogens is 2. The predicted octanol–water partition coefficient (Wildman–Crippen LogP) is 1.95. The number of aromatic nitrogens is 1. The first-order chi connectivity index (χ1) is 13.9. The monoisotopic (exact) mass is 400 g/mol. The number of primary amides is 1. The third-order valence-electron chi connectivity index (χ3n) is 5.60. The highest BCUT2D eigenvalue weighted by molar-refractivity contribution is 6.10. The number of aromatic amines is 1. The minimum Gasteiger partial charge on any atom is -0.366 e. The van der Waals surface area contributed by atoms with E-state index >= 15 is 4.39 Å². The summed E-state index contributed by atoms with van der Waals surface area (Å²) in [7, 11) is 0. The summed E-state index contributed by atoms with van der Waals surface area (Å²) < 4.78 is 29.7. The molecule has 1 aromatic heterocycles. The van der Waals surface area contributed by atoms with Crippen LogP contribution in [-0.2, 0) is 17.6 Å². The van der Waals surface area contributed by atoms with Crippen LogP contribution < -0.4 is 16.0 Å². The van der Waals surface area contributed by atoms with E-state index in [2.05, 4.69) is 22.1 Å². The molecule has 0 unspecified atom stereocenters. The van der Waals surface area contributed by atoms with E-state index in [1.807, 2.05) is 0 Å². The van der Waals surface area contributed by atoms with Gasteiger partial charge in [0.2, 0.25) is 0 Å². The molecule has 0 radical (unpaired) electrons. The molecule has 1 aliphatic carbocycles. The highest BCUT2D eigenvalue weighted by Crippen LogP contribution is 2.40. The van der Waals surface area contributed by atoms with Crippen LogP contribution in [0.15, 0.2) is 6.07 Å². The van der Waals surface area contributed by atoms with Crippen LogP contribution >= 0.6 is 0 Å². The molecule has 2 atom stereocenters. The number of rotatable bonds is 3. The summed E-state index contributed by atoms with van der Waals surface area (Å²) in [4.78, 5) is 28.5. The lowest BCUT2D eigenvalue weighted by molar-refractivity contribution is -0.116. The molecule has 6 nitrogen and oxygen atoms in total. The van der Waals surface area contributed by atoms with E-state index in [1.165, 1.54) is 0 Å². The van der Waals surface area contributed by atoms with Gasteiger partial charge in [0.15, 0.2) is 0 Å². The van der Waals surface area contributed by atoms with E-state index < -0.39 is 29.8 Å². The quantitative estimate of drug-likeness (QED) is 0.688. The second kappa shape index (κ2) is 7.39. The van der Waals surface area contributed by atoms with E-state index in [0.717, 1.165) is 36.6 Å². The average molecular weight is 400 g/mol. The van der Waals surface area contributed by atoms with Crippen LogP contribution in [0, 0.1) is 17.7 Å². The fourth-order valence-corrected chi connectivity index (χ4v) is 4.53. The first kappa shape index (κ1) is 19.2. The minimum atomic E-state index is -1.24. The maximum atomic E-state index is 15.2. The zero-order chi connectivity index (χ0) is 20.7. The van der Waals surface area contributed by atoms with Crippen LogP contribution in [0.5, 0.6) is 0 Å². The molecular formula is C21H22F2N4O2. The fraction of sp³-hybridized carbons (Fsp3) is 0.429. The van der Waals surface area contributed by atoms with Gasteiger partial charge >= 0.3 is 0 Å². The summed E-state index contributed by atoms with van der Waals surface area (Å²) in [5.41, 5.74) is 8.23. The third kappa shape index (κ3) is 3.41. The molecule has 0 bridgehead atoms. The topological polar surface area (TPSA) is 91.2 Å². The van der Waals surface area contributed by atoms with Crippen LogP contribution in [0.25, 0.3) is 10.9 Å². The fourth-order valence-electron chi connectivity index (χ4n) is 4.53. The summed E-state index contributed by atoms with van der Waals surface area (Å²) in [5.74, 6) is 3.07. The molecule has 0 spiro atoms. The number of hydrogen-bond acceptors (Lipinski definition) is 3. The van der Waals surface area contributed by atoms with Crippen LogP contribution in [-0.4, -0.2) is 42.1 Å². The van der Waals surface area contributed by atoms with Gasteiger partial charge in [0, 0.05) is 30.6 Å². The molecule has 1 fully saturated rings. The number of carbonyl (C=O) groups excluding carboxylic acids is 2. The van der Waals surface area contributed by atoms with E-state index in [9.17, 15) is 14.0 Å². The summed E-state index contributed by atoms with van der Waals surface area (Å²) in [5, 5.41) is 3.29. The van der Waals surface area contributed by atoms with Crippen molar-refractivity contribution in [1.82, 2.24) is 10.3 Å². The van der Waals surface area contributed by atoms with Crippen molar-refractivity contribution >= 4 is 28.4 Å². The van der Waals surface area contributed by atoms with Gasteiger partial charge in [-0.2, -0.15) is 0 Å². The molecular weight excluding hydrogens is 378 g/mol. The standard InChI is InChI=1S/C21H22F2N4O2/c1-2-4-17(28)25-12-7-11(22)9-27(10-12)20-15(23)8-14(21(24)29)19-18(20)13-5-3-6-16(13)26-19/h8,11-12,26H,3,5-7,9-10H2,1H3,(H2,24,29)(H,25,28)/t11-,12-/m0/s1. The third-order valence-corrected chi connectivity index (χ3v) is 5.60. The maximum absolute atomic E-state index is 15.2. The van der Waals surface area contributed by atoms with Gasteiger partial charge in [-0.1, -0.05) is 5.92 Å². The highest BCUT2D eigenvalue weighted by atomic mass is 19.1. The number of benzene rings is 1. The van der Waals surface area contributed by atoms with Gasteiger partial charge in [-0.3, -0.25) is 9.59 Å². The molecule has 4 rings (SSSR count). The summed E-state index contributed by atoms with van der Waals surface area (Å²) in [6.45, 7) is 1.80. The second-order valence-electron chi connectivity index (χ2n) is 7.59. The van der Waals surface area contributed by atoms with Gasteiger partial charge in [0.05, 0.1) is 22.8 Å². The number of carbonyl (C=O) groups is 2. The first-order valence-electron chi connectivity index (χ1n) is 9.67. The van der Waals surface area contributed by atoms with E-state index in [0.29, 0.717) is 10.9 Å². The Balaban J connectivity index is 1.79. The first-order valence-corrected chi connectivity index (χ1v) is 9.67. The van der Waals surface area contributed by atoms with Crippen LogP contribution in [0.2, 0.25) is 0 Å². The number of nitrogens with two attached hydrogens (primary N) is 1. The summed E-state index contributed by atoms with van der Waals surface area (Å²) >= 11 is 0. The van der Waals surface area contributed by atoms with Gasteiger partial charge in [0.25, 0.3) is 11.8 Å². The molecule has 2 aliphatic rings. The maximum Gasteiger partial charge on any atom is 0.296 e. The Bertz CT molecular complexity index is 1070. The molecule has 2 amide bonds. The number of nitrogens with one attached hydrogen (secondary N) is 2. The van der Waals surface area contributed by atoms with Gasteiger partial charge in [0.1, 0.15) is 12.0 Å². The Morgan fingerprint density at radius 2 is 2.14 bits per heavy atom. The zero-order valence-corrected chi connectivity index (χ0v) is 16.1. The largest absolute Gasteiger partial charge is 0.366 e. The van der Waals surface area contributed by atoms with Crippen LogP contribution in [0.4, 0.5) is 14.5 Å². The molecule has 2 heterocycles. The smallest absolute Gasteiger partial charge is 0.296 e. The molecule has 8 heteroatoms. The van der Waals surface area contributed by atoms with Crippen molar-refractivity contribution in [1.29, 1.82) is 0 Å². The number of fused-ring (bicyclic) bond motifs is 3. The van der Waals surface area contributed by atoms with Crippen molar-refractivity contribution in [3.8, 4) is 11.8 Å². The van der Waals surface area contributed by atoms with Crippen molar-refractivity contribution in [2.75, 3.05) is 18.0 Å². The Morgan fingerprint density at radius 3 is 2.86 bits per heavy atom.